The number of hydrogen-bond donors (Lipinski definition) is 1. The summed E-state index contributed by atoms with van der Waals surface area (Å²) in [6, 6.07) is 8.19. The fourth-order valence-corrected chi connectivity index (χ4v) is 1.96. The van der Waals surface area contributed by atoms with Crippen molar-refractivity contribution >= 4 is 12.1 Å². The average Bonchev–Trinajstić information content (AvgIpc) is 2.48. The van der Waals surface area contributed by atoms with E-state index in [4.69, 9.17) is 0 Å². The van der Waals surface area contributed by atoms with Crippen LogP contribution in [0.2, 0.25) is 0 Å². The molecule has 3 heteroatoms. The lowest BCUT2D eigenvalue weighted by atomic mass is 10.1. The van der Waals surface area contributed by atoms with Crippen LogP contribution in [-0.2, 0) is 11.2 Å². The highest BCUT2D eigenvalue weighted by Gasteiger charge is 1.98. The highest BCUT2D eigenvalue weighted by molar-refractivity contribution is 5.82. The first-order valence-electron chi connectivity index (χ1n) is 7.67. The van der Waals surface area contributed by atoms with Crippen LogP contribution in [0.4, 0.5) is 0 Å². The van der Waals surface area contributed by atoms with Gasteiger partial charge in [0.2, 0.25) is 5.91 Å². The number of hydrazone groups is 1. The maximum absolute atomic E-state index is 11.5. The molecule has 0 spiro atoms. The number of nitrogens with one attached hydrogen (secondary N) is 1. The molecule has 0 aliphatic heterocycles. The van der Waals surface area contributed by atoms with E-state index in [1.807, 2.05) is 12.1 Å². The minimum atomic E-state index is 0.00271. The van der Waals surface area contributed by atoms with Crippen molar-refractivity contribution < 1.29 is 4.79 Å². The molecule has 3 nitrogen and oxygen atoms in total. The molecule has 0 bridgehead atoms. The van der Waals surface area contributed by atoms with E-state index in [0.717, 1.165) is 24.8 Å². The van der Waals surface area contributed by atoms with Crippen molar-refractivity contribution in [2.75, 3.05) is 0 Å². The van der Waals surface area contributed by atoms with Gasteiger partial charge in [0.05, 0.1) is 6.21 Å². The van der Waals surface area contributed by atoms with Crippen LogP contribution in [0, 0.1) is 0 Å². The zero-order valence-corrected chi connectivity index (χ0v) is 12.7. The molecule has 0 saturated carbocycles. The summed E-state index contributed by atoms with van der Waals surface area (Å²) in [5.74, 6) is 0.00271. The Labute approximate surface area is 122 Å². The fraction of sp³-hybridized carbons (Fsp3) is 0.529. The molecule has 1 aromatic carbocycles. The summed E-state index contributed by atoms with van der Waals surface area (Å²) in [5.41, 5.74) is 4.89. The van der Waals surface area contributed by atoms with Gasteiger partial charge >= 0.3 is 0 Å². The second kappa shape index (κ2) is 10.2. The van der Waals surface area contributed by atoms with Crippen molar-refractivity contribution in [2.24, 2.45) is 5.10 Å². The number of carbonyl (C=O) groups is 1. The van der Waals surface area contributed by atoms with Gasteiger partial charge < -0.3 is 0 Å². The maximum atomic E-state index is 11.5. The van der Waals surface area contributed by atoms with Crippen molar-refractivity contribution in [1.29, 1.82) is 0 Å². The van der Waals surface area contributed by atoms with Gasteiger partial charge in [0.15, 0.2) is 0 Å². The van der Waals surface area contributed by atoms with Crippen LogP contribution >= 0.6 is 0 Å². The van der Waals surface area contributed by atoms with E-state index in [-0.39, 0.29) is 5.91 Å². The lowest BCUT2D eigenvalue weighted by Gasteiger charge is -2.00. The van der Waals surface area contributed by atoms with Crippen LogP contribution in [0.3, 0.4) is 0 Å². The van der Waals surface area contributed by atoms with Crippen LogP contribution in [0.5, 0.6) is 0 Å². The standard InChI is InChI=1S/C17H26N2O/c1-3-5-6-7-8-9-17(20)19-18-14-16-12-10-15(4-2)11-13-16/h10-14H,3-9H2,1-2H3,(H,19,20)/b18-14+. The number of aryl methyl sites for hydroxylation is 1. The van der Waals surface area contributed by atoms with Gasteiger partial charge in [0.25, 0.3) is 0 Å². The maximum Gasteiger partial charge on any atom is 0.240 e. The van der Waals surface area contributed by atoms with Crippen LogP contribution in [-0.4, -0.2) is 12.1 Å². The second-order valence-corrected chi connectivity index (χ2v) is 5.05. The summed E-state index contributed by atoms with van der Waals surface area (Å²) >= 11 is 0. The summed E-state index contributed by atoms with van der Waals surface area (Å²) < 4.78 is 0. The third kappa shape index (κ3) is 7.07. The first kappa shape index (κ1) is 16.4. The molecule has 0 atom stereocenters. The Hall–Kier alpha value is -1.64. The molecule has 0 aliphatic rings. The first-order valence-corrected chi connectivity index (χ1v) is 7.67. The van der Waals surface area contributed by atoms with Gasteiger partial charge in [-0.3, -0.25) is 4.79 Å². The molecular formula is C17H26N2O. The molecule has 0 aromatic heterocycles. The third-order valence-corrected chi connectivity index (χ3v) is 3.30. The van der Waals surface area contributed by atoms with E-state index in [2.05, 4.69) is 36.5 Å². The normalized spacial score (nSPS) is 10.9. The minimum absolute atomic E-state index is 0.00271. The number of unbranched alkanes of at least 4 members (excludes halogenated alkanes) is 4. The quantitative estimate of drug-likeness (QED) is 0.412. The van der Waals surface area contributed by atoms with Gasteiger partial charge in [-0.25, -0.2) is 5.43 Å². The molecule has 20 heavy (non-hydrogen) atoms. The molecule has 0 aliphatic carbocycles. The Morgan fingerprint density at radius 1 is 1.10 bits per heavy atom. The minimum Gasteiger partial charge on any atom is -0.273 e. The summed E-state index contributed by atoms with van der Waals surface area (Å²) in [6.07, 6.45) is 9.07. The summed E-state index contributed by atoms with van der Waals surface area (Å²) in [4.78, 5) is 11.5. The Kier molecular flexibility index (Phi) is 8.36. The molecular weight excluding hydrogens is 248 g/mol. The lowest BCUT2D eigenvalue weighted by molar-refractivity contribution is -0.121. The molecule has 1 aromatic rings. The predicted octanol–water partition coefficient (Wildman–Crippen LogP) is 4.06. The van der Waals surface area contributed by atoms with E-state index in [9.17, 15) is 4.79 Å². The molecule has 1 rings (SSSR count). The zero-order valence-electron chi connectivity index (χ0n) is 12.7. The van der Waals surface area contributed by atoms with Crippen LogP contribution in [0.15, 0.2) is 29.4 Å². The first-order chi connectivity index (χ1) is 9.76. The Morgan fingerprint density at radius 2 is 1.80 bits per heavy atom. The van der Waals surface area contributed by atoms with Gasteiger partial charge in [-0.15, -0.1) is 0 Å². The fourth-order valence-electron chi connectivity index (χ4n) is 1.96. The largest absolute Gasteiger partial charge is 0.273 e. The highest BCUT2D eigenvalue weighted by Crippen LogP contribution is 2.05. The number of rotatable bonds is 9. The second-order valence-electron chi connectivity index (χ2n) is 5.05. The van der Waals surface area contributed by atoms with Gasteiger partial charge in [-0.05, 0) is 24.0 Å². The van der Waals surface area contributed by atoms with E-state index in [0.29, 0.717) is 6.42 Å². The molecule has 1 N–H and O–H groups in total. The van der Waals surface area contributed by atoms with Crippen LogP contribution < -0.4 is 5.43 Å². The highest BCUT2D eigenvalue weighted by atomic mass is 16.2. The molecule has 0 unspecified atom stereocenters. The SMILES string of the molecule is CCCCCCCC(=O)N/N=C/c1ccc(CC)cc1. The lowest BCUT2D eigenvalue weighted by Crippen LogP contribution is -2.16. The number of hydrogen-bond acceptors (Lipinski definition) is 2. The van der Waals surface area contributed by atoms with Gasteiger partial charge in [0, 0.05) is 6.42 Å². The van der Waals surface area contributed by atoms with Crippen LogP contribution in [0.1, 0.15) is 63.5 Å². The zero-order chi connectivity index (χ0) is 14.6. The smallest absolute Gasteiger partial charge is 0.240 e. The molecule has 0 heterocycles. The monoisotopic (exact) mass is 274 g/mol. The van der Waals surface area contributed by atoms with Gasteiger partial charge in [-0.2, -0.15) is 5.10 Å². The number of benzene rings is 1. The Morgan fingerprint density at radius 3 is 2.45 bits per heavy atom. The van der Waals surface area contributed by atoms with Gasteiger partial charge in [-0.1, -0.05) is 63.8 Å². The van der Waals surface area contributed by atoms with Crippen molar-refractivity contribution in [3.8, 4) is 0 Å². The van der Waals surface area contributed by atoms with E-state index in [1.165, 1.54) is 24.8 Å². The van der Waals surface area contributed by atoms with Crippen molar-refractivity contribution in [1.82, 2.24) is 5.43 Å². The molecule has 0 saturated heterocycles. The van der Waals surface area contributed by atoms with Gasteiger partial charge in [0.1, 0.15) is 0 Å². The Balaban J connectivity index is 2.20. The van der Waals surface area contributed by atoms with Crippen molar-refractivity contribution in [3.63, 3.8) is 0 Å². The number of carbonyl (C=O) groups excluding carboxylic acids is 1. The number of nitrogens with zero attached hydrogens (tertiary/aromatic N) is 1. The molecule has 110 valence electrons. The third-order valence-electron chi connectivity index (χ3n) is 3.30. The molecule has 1 amide bonds. The Bertz CT molecular complexity index is 410. The van der Waals surface area contributed by atoms with E-state index < -0.39 is 0 Å². The molecule has 0 fully saturated rings. The van der Waals surface area contributed by atoms with Crippen molar-refractivity contribution in [2.45, 2.75) is 58.8 Å². The van der Waals surface area contributed by atoms with E-state index >= 15 is 0 Å². The average molecular weight is 274 g/mol. The topological polar surface area (TPSA) is 41.5 Å². The number of amides is 1. The van der Waals surface area contributed by atoms with Crippen LogP contribution in [0.25, 0.3) is 0 Å². The predicted molar refractivity (Wildman–Crippen MR) is 84.9 cm³/mol. The molecule has 0 radical (unpaired) electrons. The van der Waals surface area contributed by atoms with E-state index in [1.54, 1.807) is 6.21 Å². The summed E-state index contributed by atoms with van der Waals surface area (Å²) in [7, 11) is 0. The van der Waals surface area contributed by atoms with Crippen molar-refractivity contribution in [3.05, 3.63) is 35.4 Å². The summed E-state index contributed by atoms with van der Waals surface area (Å²) in [5, 5.41) is 3.99. The summed E-state index contributed by atoms with van der Waals surface area (Å²) in [6.45, 7) is 4.32.